The molecule has 0 radical (unpaired) electrons. The predicted molar refractivity (Wildman–Crippen MR) is 71.6 cm³/mol. The van der Waals surface area contributed by atoms with Gasteiger partial charge >= 0.3 is 0 Å². The second-order valence-electron chi connectivity index (χ2n) is 5.43. The van der Waals surface area contributed by atoms with E-state index in [0.29, 0.717) is 5.92 Å². The van der Waals surface area contributed by atoms with Gasteiger partial charge < -0.3 is 5.32 Å². The first-order valence-electron chi connectivity index (χ1n) is 6.54. The van der Waals surface area contributed by atoms with Crippen molar-refractivity contribution in [3.05, 3.63) is 16.0 Å². The second-order valence-corrected chi connectivity index (χ2v) is 6.54. The fourth-order valence-corrected chi connectivity index (χ4v) is 3.72. The van der Waals surface area contributed by atoms with Gasteiger partial charge in [0.25, 0.3) is 0 Å². The van der Waals surface area contributed by atoms with Gasteiger partial charge in [0, 0.05) is 10.8 Å². The number of thiophene rings is 1. The molecule has 0 unspecified atom stereocenters. The van der Waals surface area contributed by atoms with Crippen molar-refractivity contribution in [1.29, 1.82) is 5.26 Å². The lowest BCUT2D eigenvalue weighted by Crippen LogP contribution is -2.13. The standard InChI is InChI=1S/C14H16N2OS/c1-8-2-5-12-10(6-8)11(7-15)14(18-12)16-13(17)9-3-4-9/h8-9H,2-6H2,1H3,(H,16,17)/t8-/m1/s1. The smallest absolute Gasteiger partial charge is 0.228 e. The molecule has 1 saturated carbocycles. The lowest BCUT2D eigenvalue weighted by Gasteiger charge is -2.17. The Labute approximate surface area is 111 Å². The van der Waals surface area contributed by atoms with Crippen molar-refractivity contribution in [3.8, 4) is 6.07 Å². The van der Waals surface area contributed by atoms with E-state index in [1.807, 2.05) is 0 Å². The summed E-state index contributed by atoms with van der Waals surface area (Å²) in [7, 11) is 0. The van der Waals surface area contributed by atoms with Gasteiger partial charge in [0.2, 0.25) is 5.91 Å². The maximum atomic E-state index is 11.8. The molecule has 1 amide bonds. The molecule has 3 rings (SSSR count). The largest absolute Gasteiger partial charge is 0.316 e. The third-order valence-corrected chi connectivity index (χ3v) is 5.01. The molecule has 1 aromatic rings. The zero-order chi connectivity index (χ0) is 12.7. The van der Waals surface area contributed by atoms with E-state index in [9.17, 15) is 10.1 Å². The van der Waals surface area contributed by atoms with Crippen molar-refractivity contribution >= 4 is 22.2 Å². The van der Waals surface area contributed by atoms with Crippen LogP contribution in [0.5, 0.6) is 0 Å². The van der Waals surface area contributed by atoms with Crippen molar-refractivity contribution < 1.29 is 4.79 Å². The summed E-state index contributed by atoms with van der Waals surface area (Å²) < 4.78 is 0. The molecule has 1 N–H and O–H groups in total. The molecule has 1 atom stereocenters. The van der Waals surface area contributed by atoms with Crippen LogP contribution in [0, 0.1) is 23.2 Å². The molecule has 0 saturated heterocycles. The average molecular weight is 260 g/mol. The molecular formula is C14H16N2OS. The van der Waals surface area contributed by atoms with Gasteiger partial charge in [-0.1, -0.05) is 6.92 Å². The van der Waals surface area contributed by atoms with E-state index in [2.05, 4.69) is 18.3 Å². The molecule has 1 aromatic heterocycles. The van der Waals surface area contributed by atoms with E-state index in [4.69, 9.17) is 0 Å². The molecule has 2 aliphatic carbocycles. The molecule has 2 aliphatic rings. The first kappa shape index (κ1) is 11.7. The number of nitrogens with one attached hydrogen (secondary N) is 1. The van der Waals surface area contributed by atoms with Crippen LogP contribution in [-0.4, -0.2) is 5.91 Å². The number of anilines is 1. The Morgan fingerprint density at radius 3 is 2.89 bits per heavy atom. The van der Waals surface area contributed by atoms with Gasteiger partial charge in [-0.2, -0.15) is 5.26 Å². The molecule has 0 spiro atoms. The quantitative estimate of drug-likeness (QED) is 0.888. The van der Waals surface area contributed by atoms with Crippen LogP contribution in [-0.2, 0) is 17.6 Å². The molecule has 0 aromatic carbocycles. The van der Waals surface area contributed by atoms with Gasteiger partial charge in [-0.15, -0.1) is 11.3 Å². The zero-order valence-electron chi connectivity index (χ0n) is 10.5. The summed E-state index contributed by atoms with van der Waals surface area (Å²) >= 11 is 1.61. The number of nitrogens with zero attached hydrogens (tertiary/aromatic N) is 1. The molecule has 1 heterocycles. The van der Waals surface area contributed by atoms with Crippen LogP contribution in [0.25, 0.3) is 0 Å². The highest BCUT2D eigenvalue weighted by Crippen LogP contribution is 2.40. The van der Waals surface area contributed by atoms with Gasteiger partial charge in [-0.25, -0.2) is 0 Å². The third-order valence-electron chi connectivity index (χ3n) is 3.80. The maximum Gasteiger partial charge on any atom is 0.228 e. The summed E-state index contributed by atoms with van der Waals surface area (Å²) in [6.45, 7) is 2.23. The van der Waals surface area contributed by atoms with Crippen molar-refractivity contribution in [1.82, 2.24) is 0 Å². The Bertz CT molecular complexity index is 537. The van der Waals surface area contributed by atoms with E-state index < -0.39 is 0 Å². The Balaban J connectivity index is 1.90. The number of carbonyl (C=O) groups excluding carboxylic acids is 1. The summed E-state index contributed by atoms with van der Waals surface area (Å²) in [4.78, 5) is 13.1. The minimum Gasteiger partial charge on any atom is -0.316 e. The zero-order valence-corrected chi connectivity index (χ0v) is 11.3. The van der Waals surface area contributed by atoms with Crippen molar-refractivity contribution in [3.63, 3.8) is 0 Å². The lowest BCUT2D eigenvalue weighted by atomic mass is 9.88. The highest BCUT2D eigenvalue weighted by molar-refractivity contribution is 7.16. The normalized spacial score (nSPS) is 22.1. The highest BCUT2D eigenvalue weighted by Gasteiger charge is 2.31. The number of aryl methyl sites for hydroxylation is 1. The first-order chi connectivity index (χ1) is 8.69. The Kier molecular flexibility index (Phi) is 2.87. The molecule has 18 heavy (non-hydrogen) atoms. The molecule has 0 aliphatic heterocycles. The van der Waals surface area contributed by atoms with E-state index in [1.54, 1.807) is 11.3 Å². The molecular weight excluding hydrogens is 244 g/mol. The number of hydrogen-bond acceptors (Lipinski definition) is 3. The number of fused-ring (bicyclic) bond motifs is 1. The Morgan fingerprint density at radius 1 is 1.44 bits per heavy atom. The monoisotopic (exact) mass is 260 g/mol. The van der Waals surface area contributed by atoms with Crippen LogP contribution >= 0.6 is 11.3 Å². The molecule has 4 heteroatoms. The van der Waals surface area contributed by atoms with E-state index in [-0.39, 0.29) is 11.8 Å². The van der Waals surface area contributed by atoms with Crippen molar-refractivity contribution in [2.75, 3.05) is 5.32 Å². The summed E-state index contributed by atoms with van der Waals surface area (Å²) in [5.41, 5.74) is 1.91. The maximum absolute atomic E-state index is 11.8. The van der Waals surface area contributed by atoms with E-state index in [1.165, 1.54) is 16.9 Å². The SMILES string of the molecule is C[C@@H]1CCc2sc(NC(=O)C3CC3)c(C#N)c2C1. The lowest BCUT2D eigenvalue weighted by molar-refractivity contribution is -0.117. The topological polar surface area (TPSA) is 52.9 Å². The number of carbonyl (C=O) groups is 1. The van der Waals surface area contributed by atoms with Gasteiger partial charge in [-0.3, -0.25) is 4.79 Å². The van der Waals surface area contributed by atoms with Crippen LogP contribution in [0.4, 0.5) is 5.00 Å². The van der Waals surface area contributed by atoms with Crippen LogP contribution in [0.2, 0.25) is 0 Å². The molecule has 3 nitrogen and oxygen atoms in total. The third kappa shape index (κ3) is 2.04. The number of rotatable bonds is 2. The van der Waals surface area contributed by atoms with Crippen LogP contribution in [0.3, 0.4) is 0 Å². The first-order valence-corrected chi connectivity index (χ1v) is 7.36. The fourth-order valence-electron chi connectivity index (χ4n) is 2.52. The summed E-state index contributed by atoms with van der Waals surface area (Å²) in [5.74, 6) is 0.930. The second kappa shape index (κ2) is 4.40. The molecule has 94 valence electrons. The average Bonchev–Trinajstić information content (AvgIpc) is 3.13. The van der Waals surface area contributed by atoms with Gasteiger partial charge in [-0.05, 0) is 43.6 Å². The number of nitriles is 1. The van der Waals surface area contributed by atoms with Crippen LogP contribution in [0.1, 0.15) is 42.2 Å². The minimum atomic E-state index is 0.0955. The minimum absolute atomic E-state index is 0.0955. The predicted octanol–water partition coefficient (Wildman–Crippen LogP) is 3.09. The Hall–Kier alpha value is -1.34. The van der Waals surface area contributed by atoms with E-state index >= 15 is 0 Å². The van der Waals surface area contributed by atoms with Gasteiger partial charge in [0.05, 0.1) is 5.56 Å². The van der Waals surface area contributed by atoms with Crippen LogP contribution < -0.4 is 5.32 Å². The Morgan fingerprint density at radius 2 is 2.22 bits per heavy atom. The highest BCUT2D eigenvalue weighted by atomic mass is 32.1. The summed E-state index contributed by atoms with van der Waals surface area (Å²) in [5, 5.41) is 13.1. The van der Waals surface area contributed by atoms with E-state index in [0.717, 1.165) is 36.2 Å². The fraction of sp³-hybridized carbons (Fsp3) is 0.571. The number of hydrogen-bond donors (Lipinski definition) is 1. The van der Waals surface area contributed by atoms with Crippen LogP contribution in [0.15, 0.2) is 0 Å². The van der Waals surface area contributed by atoms with Gasteiger partial charge in [0.15, 0.2) is 0 Å². The van der Waals surface area contributed by atoms with Crippen molar-refractivity contribution in [2.45, 2.75) is 39.0 Å². The molecule has 0 bridgehead atoms. The van der Waals surface area contributed by atoms with Gasteiger partial charge in [0.1, 0.15) is 11.1 Å². The molecule has 1 fully saturated rings. The van der Waals surface area contributed by atoms with Crippen molar-refractivity contribution in [2.24, 2.45) is 11.8 Å². The summed E-state index contributed by atoms with van der Waals surface area (Å²) in [6, 6.07) is 2.28. The summed E-state index contributed by atoms with van der Waals surface area (Å²) in [6.07, 6.45) is 5.21. The number of amides is 1.